The number of piperidine rings is 1. The van der Waals surface area contributed by atoms with Gasteiger partial charge in [0.2, 0.25) is 5.89 Å². The van der Waals surface area contributed by atoms with Crippen molar-refractivity contribution in [1.29, 1.82) is 0 Å². The zero-order valence-electron chi connectivity index (χ0n) is 12.9. The molecule has 0 amide bonds. The first kappa shape index (κ1) is 15.0. The van der Waals surface area contributed by atoms with E-state index < -0.39 is 0 Å². The van der Waals surface area contributed by atoms with E-state index in [0.29, 0.717) is 18.3 Å². The van der Waals surface area contributed by atoms with Crippen LogP contribution in [0.15, 0.2) is 22.7 Å². The minimum Gasteiger partial charge on any atom is -0.496 e. The monoisotopic (exact) mass is 305 g/mol. The van der Waals surface area contributed by atoms with Crippen molar-refractivity contribution in [2.75, 3.05) is 20.2 Å². The molecule has 0 N–H and O–H groups in total. The first-order chi connectivity index (χ1) is 10.7. The Morgan fingerprint density at radius 1 is 1.45 bits per heavy atom. The number of halogens is 1. The van der Waals surface area contributed by atoms with Gasteiger partial charge in [-0.1, -0.05) is 5.16 Å². The lowest BCUT2D eigenvalue weighted by Crippen LogP contribution is -2.34. The highest BCUT2D eigenvalue weighted by molar-refractivity contribution is 5.33. The van der Waals surface area contributed by atoms with Crippen LogP contribution in [0.1, 0.15) is 36.0 Å². The topological polar surface area (TPSA) is 51.4 Å². The van der Waals surface area contributed by atoms with Gasteiger partial charge in [0.05, 0.1) is 13.0 Å². The van der Waals surface area contributed by atoms with Gasteiger partial charge in [-0.05, 0) is 44.5 Å². The normalized spacial score (nSPS) is 19.3. The third-order valence-electron chi connectivity index (χ3n) is 4.03. The zero-order chi connectivity index (χ0) is 15.5. The van der Waals surface area contributed by atoms with Crippen molar-refractivity contribution in [3.05, 3.63) is 41.3 Å². The molecule has 0 spiro atoms. The van der Waals surface area contributed by atoms with Gasteiger partial charge in [0.1, 0.15) is 11.6 Å². The maximum atomic E-state index is 13.5. The molecule has 1 aromatic carbocycles. The lowest BCUT2D eigenvalue weighted by atomic mass is 9.97. The molecule has 1 unspecified atom stereocenters. The second-order valence-corrected chi connectivity index (χ2v) is 5.71. The van der Waals surface area contributed by atoms with Gasteiger partial charge in [0.15, 0.2) is 5.82 Å². The number of hydrogen-bond donors (Lipinski definition) is 0. The van der Waals surface area contributed by atoms with E-state index >= 15 is 0 Å². The van der Waals surface area contributed by atoms with Crippen LogP contribution in [-0.2, 0) is 6.54 Å². The fraction of sp³-hybridized carbons (Fsp3) is 0.500. The van der Waals surface area contributed by atoms with Gasteiger partial charge in [-0.25, -0.2) is 4.39 Å². The number of rotatable bonds is 4. The summed E-state index contributed by atoms with van der Waals surface area (Å²) in [6.07, 6.45) is 2.10. The summed E-state index contributed by atoms with van der Waals surface area (Å²) in [4.78, 5) is 6.62. The molecule has 0 saturated carbocycles. The summed E-state index contributed by atoms with van der Waals surface area (Å²) in [5.74, 6) is 2.09. The van der Waals surface area contributed by atoms with Crippen LogP contribution in [-0.4, -0.2) is 35.2 Å². The average Bonchev–Trinajstić information content (AvgIpc) is 2.94. The molecule has 0 bridgehead atoms. The van der Waals surface area contributed by atoms with Crippen LogP contribution in [0.4, 0.5) is 4.39 Å². The zero-order valence-corrected chi connectivity index (χ0v) is 12.9. The number of aromatic nitrogens is 2. The molecule has 0 radical (unpaired) electrons. The van der Waals surface area contributed by atoms with Crippen LogP contribution in [0.3, 0.4) is 0 Å². The Kier molecular flexibility index (Phi) is 4.38. The smallest absolute Gasteiger partial charge is 0.231 e. The number of hydrogen-bond acceptors (Lipinski definition) is 5. The Morgan fingerprint density at radius 2 is 2.32 bits per heavy atom. The highest BCUT2D eigenvalue weighted by atomic mass is 19.1. The second-order valence-electron chi connectivity index (χ2n) is 5.71. The highest BCUT2D eigenvalue weighted by Crippen LogP contribution is 2.28. The largest absolute Gasteiger partial charge is 0.496 e. The predicted molar refractivity (Wildman–Crippen MR) is 79.2 cm³/mol. The van der Waals surface area contributed by atoms with E-state index in [1.54, 1.807) is 19.2 Å². The SMILES string of the molecule is COc1ccc(F)cc1CN1CCCC(c2nc(C)no2)C1. The molecule has 1 aromatic heterocycles. The third-order valence-corrected chi connectivity index (χ3v) is 4.03. The Bertz CT molecular complexity index is 644. The van der Waals surface area contributed by atoms with Gasteiger partial charge in [0.25, 0.3) is 0 Å². The molecular formula is C16H20FN3O2. The lowest BCUT2D eigenvalue weighted by Gasteiger charge is -2.31. The fourth-order valence-corrected chi connectivity index (χ4v) is 2.99. The molecular weight excluding hydrogens is 285 g/mol. The van der Waals surface area contributed by atoms with Crippen molar-refractivity contribution in [2.45, 2.75) is 32.2 Å². The van der Waals surface area contributed by atoms with E-state index in [1.807, 2.05) is 6.92 Å². The van der Waals surface area contributed by atoms with E-state index in [-0.39, 0.29) is 11.7 Å². The second kappa shape index (κ2) is 6.44. The molecule has 118 valence electrons. The maximum Gasteiger partial charge on any atom is 0.231 e. The van der Waals surface area contributed by atoms with Gasteiger partial charge < -0.3 is 9.26 Å². The molecule has 22 heavy (non-hydrogen) atoms. The number of likely N-dealkylation sites (tertiary alicyclic amines) is 1. The molecule has 3 rings (SSSR count). The fourth-order valence-electron chi connectivity index (χ4n) is 2.99. The molecule has 1 fully saturated rings. The molecule has 1 aliphatic rings. The van der Waals surface area contributed by atoms with E-state index in [4.69, 9.17) is 9.26 Å². The van der Waals surface area contributed by atoms with E-state index in [9.17, 15) is 4.39 Å². The van der Waals surface area contributed by atoms with Gasteiger partial charge in [-0.2, -0.15) is 4.98 Å². The van der Waals surface area contributed by atoms with Crippen molar-refractivity contribution >= 4 is 0 Å². The minimum atomic E-state index is -0.239. The molecule has 0 aliphatic carbocycles. The minimum absolute atomic E-state index is 0.239. The average molecular weight is 305 g/mol. The highest BCUT2D eigenvalue weighted by Gasteiger charge is 2.26. The van der Waals surface area contributed by atoms with Crippen LogP contribution in [0.2, 0.25) is 0 Å². The van der Waals surface area contributed by atoms with Gasteiger partial charge in [0, 0.05) is 18.7 Å². The lowest BCUT2D eigenvalue weighted by molar-refractivity contribution is 0.178. The van der Waals surface area contributed by atoms with E-state index in [2.05, 4.69) is 15.0 Å². The number of ether oxygens (including phenoxy) is 1. The van der Waals surface area contributed by atoms with Crippen LogP contribution < -0.4 is 4.74 Å². The Labute approximate surface area is 129 Å². The first-order valence-electron chi connectivity index (χ1n) is 7.50. The Hall–Kier alpha value is -1.95. The molecule has 1 atom stereocenters. The summed E-state index contributed by atoms with van der Waals surface area (Å²) >= 11 is 0. The number of methoxy groups -OCH3 is 1. The summed E-state index contributed by atoms with van der Waals surface area (Å²) in [5, 5.41) is 3.87. The summed E-state index contributed by atoms with van der Waals surface area (Å²) < 4.78 is 24.1. The molecule has 2 aromatic rings. The number of aryl methyl sites for hydroxylation is 1. The van der Waals surface area contributed by atoms with E-state index in [0.717, 1.165) is 37.2 Å². The maximum absolute atomic E-state index is 13.5. The Morgan fingerprint density at radius 3 is 3.05 bits per heavy atom. The van der Waals surface area contributed by atoms with Gasteiger partial charge in [-0.15, -0.1) is 0 Å². The van der Waals surface area contributed by atoms with E-state index in [1.165, 1.54) is 6.07 Å². The quantitative estimate of drug-likeness (QED) is 0.869. The predicted octanol–water partition coefficient (Wildman–Crippen LogP) is 2.91. The standard InChI is InChI=1S/C16H20FN3O2/c1-11-18-16(22-19-11)12-4-3-7-20(9-12)10-13-8-14(17)5-6-15(13)21-2/h5-6,8,12H,3-4,7,9-10H2,1-2H3. The summed E-state index contributed by atoms with van der Waals surface area (Å²) in [6.45, 7) is 4.29. The first-order valence-corrected chi connectivity index (χ1v) is 7.50. The number of nitrogens with zero attached hydrogens (tertiary/aromatic N) is 3. The summed E-state index contributed by atoms with van der Waals surface area (Å²) in [5.41, 5.74) is 0.866. The number of benzene rings is 1. The molecule has 1 aliphatic heterocycles. The molecule has 5 nitrogen and oxygen atoms in total. The molecule has 1 saturated heterocycles. The van der Waals surface area contributed by atoms with Gasteiger partial charge >= 0.3 is 0 Å². The van der Waals surface area contributed by atoms with Crippen LogP contribution in [0, 0.1) is 12.7 Å². The Balaban J connectivity index is 1.71. The molecule has 6 heteroatoms. The summed E-state index contributed by atoms with van der Waals surface area (Å²) in [6, 6.07) is 4.63. The van der Waals surface area contributed by atoms with Crippen LogP contribution >= 0.6 is 0 Å². The third kappa shape index (κ3) is 3.27. The summed E-state index contributed by atoms with van der Waals surface area (Å²) in [7, 11) is 1.61. The van der Waals surface area contributed by atoms with Crippen molar-refractivity contribution in [3.8, 4) is 5.75 Å². The van der Waals surface area contributed by atoms with Gasteiger partial charge in [-0.3, -0.25) is 4.90 Å². The van der Waals surface area contributed by atoms with Crippen molar-refractivity contribution in [3.63, 3.8) is 0 Å². The van der Waals surface area contributed by atoms with Crippen molar-refractivity contribution in [1.82, 2.24) is 15.0 Å². The van der Waals surface area contributed by atoms with Crippen LogP contribution in [0.5, 0.6) is 5.75 Å². The molecule has 2 heterocycles. The van der Waals surface area contributed by atoms with Crippen molar-refractivity contribution < 1.29 is 13.7 Å². The van der Waals surface area contributed by atoms with Crippen LogP contribution in [0.25, 0.3) is 0 Å². The van der Waals surface area contributed by atoms with Crippen molar-refractivity contribution in [2.24, 2.45) is 0 Å².